The van der Waals surface area contributed by atoms with Gasteiger partial charge in [0.25, 0.3) is 0 Å². The smallest absolute Gasteiger partial charge is 0.242 e. The summed E-state index contributed by atoms with van der Waals surface area (Å²) in [5.74, 6) is -0.0826. The molecule has 20 heavy (non-hydrogen) atoms. The number of hydrogen-bond acceptors (Lipinski definition) is 2. The molecule has 0 aliphatic rings. The summed E-state index contributed by atoms with van der Waals surface area (Å²) in [4.78, 5) is 12.1. The van der Waals surface area contributed by atoms with Gasteiger partial charge in [-0.15, -0.1) is 0 Å². The standard InChI is InChI=1S/C14H19Cl3N2O/c1-4-10(5-2)19-14(20)8(3)18-13-11(16)6-9(15)7-12(13)17/h6-8,10,18H,4-5H2,1-3H3,(H,19,20). The lowest BCUT2D eigenvalue weighted by Crippen LogP contribution is -2.42. The normalized spacial score (nSPS) is 12.3. The van der Waals surface area contributed by atoms with Crippen molar-refractivity contribution in [3.05, 3.63) is 27.2 Å². The molecule has 0 aromatic heterocycles. The maximum Gasteiger partial charge on any atom is 0.242 e. The second-order valence-electron chi connectivity index (χ2n) is 4.63. The lowest BCUT2D eigenvalue weighted by molar-refractivity contribution is -0.122. The molecular weight excluding hydrogens is 319 g/mol. The van der Waals surface area contributed by atoms with Gasteiger partial charge in [-0.2, -0.15) is 0 Å². The van der Waals surface area contributed by atoms with E-state index >= 15 is 0 Å². The summed E-state index contributed by atoms with van der Waals surface area (Å²) in [6.45, 7) is 5.85. The maximum absolute atomic E-state index is 12.1. The van der Waals surface area contributed by atoms with Gasteiger partial charge >= 0.3 is 0 Å². The Morgan fingerprint density at radius 1 is 1.15 bits per heavy atom. The molecule has 3 nitrogen and oxygen atoms in total. The highest BCUT2D eigenvalue weighted by atomic mass is 35.5. The van der Waals surface area contributed by atoms with Gasteiger partial charge in [0.1, 0.15) is 6.04 Å². The van der Waals surface area contributed by atoms with Crippen LogP contribution in [0.25, 0.3) is 0 Å². The number of carbonyl (C=O) groups is 1. The van der Waals surface area contributed by atoms with Crippen LogP contribution in [-0.2, 0) is 4.79 Å². The Kier molecular flexibility index (Phi) is 6.93. The molecule has 0 spiro atoms. The molecule has 0 saturated heterocycles. The van der Waals surface area contributed by atoms with Crippen LogP contribution < -0.4 is 10.6 Å². The number of amides is 1. The van der Waals surface area contributed by atoms with E-state index < -0.39 is 6.04 Å². The Labute approximate surface area is 135 Å². The molecule has 6 heteroatoms. The van der Waals surface area contributed by atoms with Gasteiger partial charge in [0.15, 0.2) is 0 Å². The molecule has 0 aliphatic carbocycles. The van der Waals surface area contributed by atoms with Gasteiger partial charge in [-0.3, -0.25) is 4.79 Å². The predicted molar refractivity (Wildman–Crippen MR) is 87.1 cm³/mol. The summed E-state index contributed by atoms with van der Waals surface area (Å²) in [5.41, 5.74) is 0.518. The zero-order valence-corrected chi connectivity index (χ0v) is 14.0. The average molecular weight is 338 g/mol. The molecular formula is C14H19Cl3N2O. The monoisotopic (exact) mass is 336 g/mol. The van der Waals surface area contributed by atoms with E-state index in [4.69, 9.17) is 34.8 Å². The molecule has 1 amide bonds. The van der Waals surface area contributed by atoms with E-state index in [2.05, 4.69) is 10.6 Å². The van der Waals surface area contributed by atoms with Crippen LogP contribution in [0.1, 0.15) is 33.6 Å². The predicted octanol–water partition coefficient (Wildman–Crippen LogP) is 4.75. The van der Waals surface area contributed by atoms with E-state index in [0.29, 0.717) is 20.8 Å². The molecule has 0 saturated carbocycles. The fourth-order valence-electron chi connectivity index (χ4n) is 1.78. The third kappa shape index (κ3) is 4.72. The second kappa shape index (κ2) is 7.96. The van der Waals surface area contributed by atoms with Gasteiger partial charge in [-0.25, -0.2) is 0 Å². The number of nitrogens with one attached hydrogen (secondary N) is 2. The Morgan fingerprint density at radius 3 is 2.10 bits per heavy atom. The van der Waals surface area contributed by atoms with Gasteiger partial charge in [-0.05, 0) is 31.9 Å². The molecule has 0 heterocycles. The van der Waals surface area contributed by atoms with Crippen LogP contribution in [0.3, 0.4) is 0 Å². The van der Waals surface area contributed by atoms with Crippen molar-refractivity contribution >= 4 is 46.4 Å². The van der Waals surface area contributed by atoms with Crippen LogP contribution in [0.4, 0.5) is 5.69 Å². The summed E-state index contributed by atoms with van der Waals surface area (Å²) < 4.78 is 0. The van der Waals surface area contributed by atoms with Crippen molar-refractivity contribution in [1.82, 2.24) is 5.32 Å². The number of anilines is 1. The van der Waals surface area contributed by atoms with E-state index in [9.17, 15) is 4.79 Å². The Bertz CT molecular complexity index is 452. The first-order valence-corrected chi connectivity index (χ1v) is 7.73. The van der Waals surface area contributed by atoms with Gasteiger partial charge < -0.3 is 10.6 Å². The summed E-state index contributed by atoms with van der Waals surface area (Å²) in [6.07, 6.45) is 1.80. The van der Waals surface area contributed by atoms with E-state index in [0.717, 1.165) is 12.8 Å². The highest BCUT2D eigenvalue weighted by Gasteiger charge is 2.18. The SMILES string of the molecule is CCC(CC)NC(=O)C(C)Nc1c(Cl)cc(Cl)cc1Cl. The summed E-state index contributed by atoms with van der Waals surface area (Å²) in [6, 6.07) is 2.92. The zero-order chi connectivity index (χ0) is 15.3. The van der Waals surface area contributed by atoms with Crippen molar-refractivity contribution in [2.45, 2.75) is 45.7 Å². The minimum atomic E-state index is -0.438. The Hall–Kier alpha value is -0.640. The van der Waals surface area contributed by atoms with Crippen LogP contribution in [0.15, 0.2) is 12.1 Å². The Morgan fingerprint density at radius 2 is 1.65 bits per heavy atom. The number of benzene rings is 1. The molecule has 1 aromatic rings. The van der Waals surface area contributed by atoms with Crippen LogP contribution in [-0.4, -0.2) is 18.0 Å². The van der Waals surface area contributed by atoms with Crippen molar-refractivity contribution in [3.8, 4) is 0 Å². The van der Waals surface area contributed by atoms with Crippen LogP contribution in [0, 0.1) is 0 Å². The largest absolute Gasteiger partial charge is 0.371 e. The number of carbonyl (C=O) groups excluding carboxylic acids is 1. The fourth-order valence-corrected chi connectivity index (χ4v) is 2.71. The van der Waals surface area contributed by atoms with E-state index in [1.165, 1.54) is 0 Å². The van der Waals surface area contributed by atoms with Crippen LogP contribution >= 0.6 is 34.8 Å². The van der Waals surface area contributed by atoms with Crippen molar-refractivity contribution < 1.29 is 4.79 Å². The fraction of sp³-hybridized carbons (Fsp3) is 0.500. The van der Waals surface area contributed by atoms with Gasteiger partial charge in [0, 0.05) is 11.1 Å². The van der Waals surface area contributed by atoms with E-state index in [1.54, 1.807) is 19.1 Å². The first-order valence-electron chi connectivity index (χ1n) is 6.60. The quantitative estimate of drug-likeness (QED) is 0.786. The highest BCUT2D eigenvalue weighted by Crippen LogP contribution is 2.34. The van der Waals surface area contributed by atoms with E-state index in [1.807, 2.05) is 13.8 Å². The average Bonchev–Trinajstić information content (AvgIpc) is 2.39. The molecule has 1 unspecified atom stereocenters. The number of rotatable bonds is 6. The Balaban J connectivity index is 2.76. The highest BCUT2D eigenvalue weighted by molar-refractivity contribution is 6.41. The molecule has 112 valence electrons. The van der Waals surface area contributed by atoms with Gasteiger partial charge in [-0.1, -0.05) is 48.7 Å². The van der Waals surface area contributed by atoms with Crippen molar-refractivity contribution in [2.75, 3.05) is 5.32 Å². The molecule has 1 rings (SSSR count). The molecule has 0 aliphatic heterocycles. The van der Waals surface area contributed by atoms with Gasteiger partial charge in [0.05, 0.1) is 15.7 Å². The van der Waals surface area contributed by atoms with Gasteiger partial charge in [0.2, 0.25) is 5.91 Å². The minimum Gasteiger partial charge on any atom is -0.371 e. The maximum atomic E-state index is 12.1. The van der Waals surface area contributed by atoms with Crippen molar-refractivity contribution in [1.29, 1.82) is 0 Å². The molecule has 1 aromatic carbocycles. The van der Waals surface area contributed by atoms with Crippen LogP contribution in [0.2, 0.25) is 15.1 Å². The summed E-state index contributed by atoms with van der Waals surface area (Å²) in [5, 5.41) is 7.24. The lowest BCUT2D eigenvalue weighted by atomic mass is 10.1. The second-order valence-corrected chi connectivity index (χ2v) is 5.88. The molecule has 0 bridgehead atoms. The summed E-state index contributed by atoms with van der Waals surface area (Å²) in [7, 11) is 0. The van der Waals surface area contributed by atoms with Crippen LogP contribution in [0.5, 0.6) is 0 Å². The van der Waals surface area contributed by atoms with E-state index in [-0.39, 0.29) is 11.9 Å². The third-order valence-electron chi connectivity index (χ3n) is 3.09. The third-order valence-corrected chi connectivity index (χ3v) is 3.91. The molecule has 1 atom stereocenters. The first kappa shape index (κ1) is 17.4. The topological polar surface area (TPSA) is 41.1 Å². The minimum absolute atomic E-state index is 0.0826. The molecule has 0 fully saturated rings. The molecule has 2 N–H and O–H groups in total. The zero-order valence-electron chi connectivity index (χ0n) is 11.8. The molecule has 0 radical (unpaired) electrons. The lowest BCUT2D eigenvalue weighted by Gasteiger charge is -2.21. The summed E-state index contributed by atoms with van der Waals surface area (Å²) >= 11 is 18.0. The van der Waals surface area contributed by atoms with Crippen molar-refractivity contribution in [2.24, 2.45) is 0 Å². The first-order chi connectivity index (χ1) is 9.38. The number of halogens is 3. The number of hydrogen-bond donors (Lipinski definition) is 2. The van der Waals surface area contributed by atoms with Crippen molar-refractivity contribution in [3.63, 3.8) is 0 Å².